The summed E-state index contributed by atoms with van der Waals surface area (Å²) < 4.78 is 27.9. The molecule has 0 bridgehead atoms. The summed E-state index contributed by atoms with van der Waals surface area (Å²) in [6.45, 7) is 2.85. The number of rotatable bonds is 6. The molecule has 0 atom stereocenters. The normalized spacial score (nSPS) is 19.4. The first-order chi connectivity index (χ1) is 10.3. The largest absolute Gasteiger partial charge is 0.354 e. The molecule has 1 N–H and O–H groups in total. The predicted octanol–water partition coefficient (Wildman–Crippen LogP) is 1.75. The van der Waals surface area contributed by atoms with Crippen molar-refractivity contribution >= 4 is 37.5 Å². The Morgan fingerprint density at radius 2 is 2.09 bits per heavy atom. The maximum atomic E-state index is 12.2. The van der Waals surface area contributed by atoms with Crippen molar-refractivity contribution < 1.29 is 8.42 Å². The summed E-state index contributed by atoms with van der Waals surface area (Å²) in [6.07, 6.45) is 3.21. The summed E-state index contributed by atoms with van der Waals surface area (Å²) in [5.41, 5.74) is 0.574. The van der Waals surface area contributed by atoms with Crippen LogP contribution in [-0.4, -0.2) is 57.3 Å². The van der Waals surface area contributed by atoms with E-state index in [0.717, 1.165) is 42.8 Å². The lowest BCUT2D eigenvalue weighted by atomic mass is 9.99. The summed E-state index contributed by atoms with van der Waals surface area (Å²) in [4.78, 5) is 8.72. The lowest BCUT2D eigenvalue weighted by Crippen LogP contribution is -2.51. The van der Waals surface area contributed by atoms with Crippen molar-refractivity contribution in [1.29, 1.82) is 0 Å². The maximum absolute atomic E-state index is 12.2. The van der Waals surface area contributed by atoms with Gasteiger partial charge in [0.1, 0.15) is 0 Å². The molecule has 0 unspecified atom stereocenters. The Hall–Kier alpha value is -0.860. The van der Waals surface area contributed by atoms with Crippen LogP contribution in [-0.2, 0) is 10.0 Å². The second-order valence-electron chi connectivity index (χ2n) is 6.40. The van der Waals surface area contributed by atoms with Crippen LogP contribution in [0.1, 0.15) is 12.8 Å². The maximum Gasteiger partial charge on any atom is 0.235 e. The third kappa shape index (κ3) is 3.55. The van der Waals surface area contributed by atoms with Gasteiger partial charge in [-0.1, -0.05) is 0 Å². The van der Waals surface area contributed by atoms with Gasteiger partial charge in [-0.05, 0) is 48.9 Å². The number of nitrogens with one attached hydrogen (secondary N) is 1. The van der Waals surface area contributed by atoms with Gasteiger partial charge in [0.15, 0.2) is 5.82 Å². The molecule has 1 aromatic rings. The minimum absolute atomic E-state index is 0.239. The van der Waals surface area contributed by atoms with E-state index in [1.54, 1.807) is 12.3 Å². The van der Waals surface area contributed by atoms with Gasteiger partial charge in [-0.2, -0.15) is 0 Å². The zero-order valence-corrected chi connectivity index (χ0v) is 15.2. The lowest BCUT2D eigenvalue weighted by Gasteiger charge is -2.42. The second-order valence-corrected chi connectivity index (χ2v) is 9.28. The van der Waals surface area contributed by atoms with Crippen LogP contribution in [0.4, 0.5) is 11.5 Å². The van der Waals surface area contributed by atoms with Crippen LogP contribution in [0.5, 0.6) is 0 Å². The molecule has 1 saturated carbocycles. The zero-order valence-electron chi connectivity index (χ0n) is 12.8. The van der Waals surface area contributed by atoms with Gasteiger partial charge in [0.05, 0.1) is 10.9 Å². The van der Waals surface area contributed by atoms with Crippen molar-refractivity contribution in [3.05, 3.63) is 16.7 Å². The third-order valence-corrected chi connectivity index (χ3v) is 6.22. The smallest absolute Gasteiger partial charge is 0.235 e. The van der Waals surface area contributed by atoms with E-state index in [1.165, 1.54) is 0 Å². The van der Waals surface area contributed by atoms with E-state index in [-0.39, 0.29) is 5.25 Å². The Kier molecular flexibility index (Phi) is 4.35. The minimum Gasteiger partial charge on any atom is -0.354 e. The molecular formula is C14H21BrN4O2S. The van der Waals surface area contributed by atoms with Gasteiger partial charge in [-0.25, -0.2) is 13.4 Å². The molecule has 122 valence electrons. The van der Waals surface area contributed by atoms with Crippen LogP contribution in [0.15, 0.2) is 16.7 Å². The minimum atomic E-state index is -3.28. The number of hydrogen-bond acceptors (Lipinski definition) is 5. The van der Waals surface area contributed by atoms with E-state index in [4.69, 9.17) is 0 Å². The van der Waals surface area contributed by atoms with Crippen molar-refractivity contribution in [2.24, 2.45) is 5.92 Å². The van der Waals surface area contributed by atoms with Gasteiger partial charge in [-0.3, -0.25) is 4.72 Å². The topological polar surface area (TPSA) is 65.5 Å². The van der Waals surface area contributed by atoms with Crippen LogP contribution >= 0.6 is 15.9 Å². The SMILES string of the molecule is CN(C)CC1CN(c2ncc(Br)cc2NS(=O)(=O)C2CC2)C1. The Bertz CT molecular complexity index is 655. The van der Waals surface area contributed by atoms with Crippen molar-refractivity contribution in [1.82, 2.24) is 9.88 Å². The molecule has 1 aliphatic carbocycles. The van der Waals surface area contributed by atoms with E-state index in [1.807, 2.05) is 0 Å². The molecule has 2 fully saturated rings. The van der Waals surface area contributed by atoms with Gasteiger partial charge in [0, 0.05) is 36.2 Å². The third-order valence-electron chi connectivity index (χ3n) is 3.93. The highest BCUT2D eigenvalue weighted by Gasteiger charge is 2.37. The Balaban J connectivity index is 1.75. The predicted molar refractivity (Wildman–Crippen MR) is 91.8 cm³/mol. The summed E-state index contributed by atoms with van der Waals surface area (Å²) in [6, 6.07) is 1.79. The Morgan fingerprint density at radius 1 is 1.41 bits per heavy atom. The van der Waals surface area contributed by atoms with Crippen molar-refractivity contribution in [3.8, 4) is 0 Å². The number of nitrogens with zero attached hydrogens (tertiary/aromatic N) is 3. The first-order valence-corrected chi connectivity index (χ1v) is 9.76. The number of anilines is 2. The fourth-order valence-corrected chi connectivity index (χ4v) is 4.46. The number of halogens is 1. The van der Waals surface area contributed by atoms with Crippen LogP contribution < -0.4 is 9.62 Å². The summed E-state index contributed by atoms with van der Waals surface area (Å²) >= 11 is 3.37. The summed E-state index contributed by atoms with van der Waals surface area (Å²) in [7, 11) is 0.855. The monoisotopic (exact) mass is 388 g/mol. The highest BCUT2D eigenvalue weighted by atomic mass is 79.9. The van der Waals surface area contributed by atoms with Crippen molar-refractivity contribution in [2.75, 3.05) is 43.4 Å². The van der Waals surface area contributed by atoms with E-state index in [0.29, 0.717) is 11.6 Å². The molecule has 0 aromatic carbocycles. The number of hydrogen-bond donors (Lipinski definition) is 1. The molecular weight excluding hydrogens is 368 g/mol. The molecule has 8 heteroatoms. The first kappa shape index (κ1) is 16.0. The summed E-state index contributed by atoms with van der Waals surface area (Å²) in [5, 5.41) is -0.239. The van der Waals surface area contributed by atoms with Crippen LogP contribution in [0.2, 0.25) is 0 Å². The molecule has 1 saturated heterocycles. The van der Waals surface area contributed by atoms with Crippen molar-refractivity contribution in [3.63, 3.8) is 0 Å². The molecule has 1 aliphatic heterocycles. The number of sulfonamides is 1. The van der Waals surface area contributed by atoms with Crippen LogP contribution in [0, 0.1) is 5.92 Å². The highest BCUT2D eigenvalue weighted by molar-refractivity contribution is 9.10. The van der Waals surface area contributed by atoms with Gasteiger partial charge in [-0.15, -0.1) is 0 Å². The molecule has 0 amide bonds. The fourth-order valence-electron chi connectivity index (χ4n) is 2.75. The first-order valence-electron chi connectivity index (χ1n) is 7.42. The molecule has 22 heavy (non-hydrogen) atoms. The van der Waals surface area contributed by atoms with Gasteiger partial charge >= 0.3 is 0 Å². The molecule has 0 radical (unpaired) electrons. The van der Waals surface area contributed by atoms with Gasteiger partial charge < -0.3 is 9.80 Å². The average Bonchev–Trinajstić information content (AvgIpc) is 3.18. The van der Waals surface area contributed by atoms with Crippen LogP contribution in [0.3, 0.4) is 0 Å². The highest BCUT2D eigenvalue weighted by Crippen LogP contribution is 2.35. The zero-order chi connectivity index (χ0) is 15.9. The molecule has 3 rings (SSSR count). The van der Waals surface area contributed by atoms with E-state index >= 15 is 0 Å². The molecule has 1 aromatic heterocycles. The molecule has 2 aliphatic rings. The summed E-state index contributed by atoms with van der Waals surface area (Å²) in [5.74, 6) is 1.33. The van der Waals surface area contributed by atoms with Gasteiger partial charge in [0.25, 0.3) is 0 Å². The number of aromatic nitrogens is 1. The van der Waals surface area contributed by atoms with Gasteiger partial charge in [0.2, 0.25) is 10.0 Å². The molecule has 2 heterocycles. The fraction of sp³-hybridized carbons (Fsp3) is 0.643. The molecule has 6 nitrogen and oxygen atoms in total. The molecule has 0 spiro atoms. The Labute approximate surface area is 140 Å². The van der Waals surface area contributed by atoms with Crippen molar-refractivity contribution in [2.45, 2.75) is 18.1 Å². The second kappa shape index (κ2) is 5.98. The average molecular weight is 389 g/mol. The Morgan fingerprint density at radius 3 is 2.68 bits per heavy atom. The van der Waals surface area contributed by atoms with E-state index < -0.39 is 10.0 Å². The van der Waals surface area contributed by atoms with E-state index in [2.05, 4.69) is 49.5 Å². The lowest BCUT2D eigenvalue weighted by molar-refractivity contribution is 0.282. The standard InChI is InChI=1S/C14H21BrN4O2S/c1-18(2)7-10-8-19(9-10)14-13(5-11(15)6-16-14)17-22(20,21)12-3-4-12/h5-6,10,12,17H,3-4,7-9H2,1-2H3. The number of pyridine rings is 1. The van der Waals surface area contributed by atoms with E-state index in [9.17, 15) is 8.42 Å². The quantitative estimate of drug-likeness (QED) is 0.803. The van der Waals surface area contributed by atoms with Crippen LogP contribution in [0.25, 0.3) is 0 Å².